The summed E-state index contributed by atoms with van der Waals surface area (Å²) in [6.45, 7) is 3.20. The van der Waals surface area contributed by atoms with Gasteiger partial charge in [0, 0.05) is 13.1 Å². The molecule has 0 aliphatic heterocycles. The molecule has 1 atom stereocenters. The van der Waals surface area contributed by atoms with Crippen molar-refractivity contribution in [1.29, 1.82) is 0 Å². The molecule has 3 rings (SSSR count). The van der Waals surface area contributed by atoms with Gasteiger partial charge in [-0.05, 0) is 55.8 Å². The third-order valence-corrected chi connectivity index (χ3v) is 7.23. The molecule has 0 aromatic heterocycles. The van der Waals surface area contributed by atoms with Crippen LogP contribution in [0.4, 0.5) is 10.1 Å². The summed E-state index contributed by atoms with van der Waals surface area (Å²) in [5, 5.41) is 2.69. The lowest BCUT2D eigenvalue weighted by molar-refractivity contribution is -0.139. The van der Waals surface area contributed by atoms with Crippen LogP contribution in [0.1, 0.15) is 19.4 Å². The quantitative estimate of drug-likeness (QED) is 0.464. The van der Waals surface area contributed by atoms with Gasteiger partial charge in [-0.3, -0.25) is 13.9 Å². The molecular formula is C26H28FN3O4S. The van der Waals surface area contributed by atoms with Crippen molar-refractivity contribution in [3.05, 3.63) is 96.3 Å². The molecule has 0 unspecified atom stereocenters. The summed E-state index contributed by atoms with van der Waals surface area (Å²) in [5.74, 6) is -1.37. The summed E-state index contributed by atoms with van der Waals surface area (Å²) in [7, 11) is -4.08. The summed E-state index contributed by atoms with van der Waals surface area (Å²) >= 11 is 0. The Balaban J connectivity index is 1.98. The number of sulfonamides is 1. The number of para-hydroxylation sites is 1. The van der Waals surface area contributed by atoms with Gasteiger partial charge in [-0.15, -0.1) is 0 Å². The molecule has 0 fully saturated rings. The fourth-order valence-corrected chi connectivity index (χ4v) is 4.97. The van der Waals surface area contributed by atoms with E-state index in [9.17, 15) is 22.4 Å². The van der Waals surface area contributed by atoms with Crippen LogP contribution >= 0.6 is 0 Å². The lowest BCUT2D eigenvalue weighted by atomic mass is 10.1. The molecule has 3 aromatic carbocycles. The highest BCUT2D eigenvalue weighted by Crippen LogP contribution is 2.24. The van der Waals surface area contributed by atoms with Crippen LogP contribution in [-0.2, 0) is 26.2 Å². The van der Waals surface area contributed by atoms with Gasteiger partial charge in [-0.25, -0.2) is 12.8 Å². The second-order valence-electron chi connectivity index (χ2n) is 7.88. The van der Waals surface area contributed by atoms with Crippen molar-refractivity contribution in [1.82, 2.24) is 10.2 Å². The minimum Gasteiger partial charge on any atom is -0.355 e. The van der Waals surface area contributed by atoms with Gasteiger partial charge >= 0.3 is 0 Å². The van der Waals surface area contributed by atoms with Crippen molar-refractivity contribution in [3.63, 3.8) is 0 Å². The molecule has 9 heteroatoms. The Kier molecular flexibility index (Phi) is 8.59. The third-order valence-electron chi connectivity index (χ3n) is 5.44. The first-order valence-electron chi connectivity index (χ1n) is 11.2. The Morgan fingerprint density at radius 2 is 1.49 bits per heavy atom. The smallest absolute Gasteiger partial charge is 0.264 e. The van der Waals surface area contributed by atoms with Crippen LogP contribution < -0.4 is 9.62 Å². The minimum atomic E-state index is -4.08. The number of amides is 2. The van der Waals surface area contributed by atoms with Crippen LogP contribution in [0.25, 0.3) is 0 Å². The average Bonchev–Trinajstić information content (AvgIpc) is 2.87. The van der Waals surface area contributed by atoms with Crippen molar-refractivity contribution < 1.29 is 22.4 Å². The molecule has 0 bridgehead atoms. The molecule has 3 aromatic rings. The van der Waals surface area contributed by atoms with Crippen molar-refractivity contribution in [2.24, 2.45) is 0 Å². The molecule has 0 radical (unpaired) electrons. The predicted molar refractivity (Wildman–Crippen MR) is 133 cm³/mol. The fraction of sp³-hybridized carbons (Fsp3) is 0.231. The van der Waals surface area contributed by atoms with E-state index in [0.717, 1.165) is 4.31 Å². The Bertz CT molecular complexity index is 1240. The van der Waals surface area contributed by atoms with Gasteiger partial charge < -0.3 is 10.2 Å². The van der Waals surface area contributed by atoms with E-state index in [1.165, 1.54) is 41.3 Å². The first kappa shape index (κ1) is 25.9. The standard InChI is InChI=1S/C26H28FN3O4S/c1-3-28-26(32)20(2)29(18-21-14-16-22(27)17-15-21)25(31)19-30(23-10-6-4-7-11-23)35(33,34)24-12-8-5-9-13-24/h4-17,20H,3,18-19H2,1-2H3,(H,28,32)/t20-/m1/s1. The summed E-state index contributed by atoms with van der Waals surface area (Å²) in [6.07, 6.45) is 0. The number of likely N-dealkylation sites (N-methyl/N-ethyl adjacent to an activating group) is 1. The molecule has 35 heavy (non-hydrogen) atoms. The summed E-state index contributed by atoms with van der Waals surface area (Å²) in [6, 6.07) is 20.9. The van der Waals surface area contributed by atoms with Crippen molar-refractivity contribution >= 4 is 27.5 Å². The van der Waals surface area contributed by atoms with E-state index in [-0.39, 0.29) is 17.3 Å². The maximum absolute atomic E-state index is 13.6. The van der Waals surface area contributed by atoms with Crippen LogP contribution in [0.2, 0.25) is 0 Å². The number of nitrogens with zero attached hydrogens (tertiary/aromatic N) is 2. The molecule has 184 valence electrons. The first-order chi connectivity index (χ1) is 16.7. The van der Waals surface area contributed by atoms with Gasteiger partial charge in [-0.1, -0.05) is 48.5 Å². The van der Waals surface area contributed by atoms with E-state index in [4.69, 9.17) is 0 Å². The number of hydrogen-bond acceptors (Lipinski definition) is 4. The van der Waals surface area contributed by atoms with Crippen molar-refractivity contribution in [2.75, 3.05) is 17.4 Å². The second kappa shape index (κ2) is 11.6. The van der Waals surface area contributed by atoms with Gasteiger partial charge in [0.2, 0.25) is 11.8 Å². The zero-order chi connectivity index (χ0) is 25.4. The van der Waals surface area contributed by atoms with Crippen LogP contribution in [0.3, 0.4) is 0 Å². The lowest BCUT2D eigenvalue weighted by Crippen LogP contribution is -2.51. The monoisotopic (exact) mass is 497 g/mol. The van der Waals surface area contributed by atoms with Gasteiger partial charge in [0.25, 0.3) is 10.0 Å². The number of nitrogens with one attached hydrogen (secondary N) is 1. The van der Waals surface area contributed by atoms with Crippen LogP contribution in [0, 0.1) is 5.82 Å². The Labute approximate surface area is 205 Å². The van der Waals surface area contributed by atoms with E-state index in [0.29, 0.717) is 17.8 Å². The topological polar surface area (TPSA) is 86.8 Å². The van der Waals surface area contributed by atoms with Crippen LogP contribution in [-0.4, -0.2) is 44.3 Å². The predicted octanol–water partition coefficient (Wildman–Crippen LogP) is 3.57. The largest absolute Gasteiger partial charge is 0.355 e. The molecule has 0 aliphatic rings. The molecular weight excluding hydrogens is 469 g/mol. The van der Waals surface area contributed by atoms with E-state index < -0.39 is 34.3 Å². The number of halogens is 1. The number of rotatable bonds is 10. The Morgan fingerprint density at radius 1 is 0.914 bits per heavy atom. The molecule has 7 nitrogen and oxygen atoms in total. The summed E-state index contributed by atoms with van der Waals surface area (Å²) in [4.78, 5) is 27.5. The van der Waals surface area contributed by atoms with Crippen molar-refractivity contribution in [2.45, 2.75) is 31.3 Å². The highest BCUT2D eigenvalue weighted by atomic mass is 32.2. The van der Waals surface area contributed by atoms with E-state index in [2.05, 4.69) is 5.32 Å². The average molecular weight is 498 g/mol. The molecule has 0 saturated carbocycles. The Hall–Kier alpha value is -3.72. The van der Waals surface area contributed by atoms with Gasteiger partial charge in [0.15, 0.2) is 0 Å². The maximum atomic E-state index is 13.6. The summed E-state index contributed by atoms with van der Waals surface area (Å²) in [5.41, 5.74) is 0.921. The second-order valence-corrected chi connectivity index (χ2v) is 9.74. The molecule has 0 heterocycles. The first-order valence-corrected chi connectivity index (χ1v) is 12.6. The highest BCUT2D eigenvalue weighted by Gasteiger charge is 2.32. The third kappa shape index (κ3) is 6.45. The van der Waals surface area contributed by atoms with Crippen LogP contribution in [0.15, 0.2) is 89.8 Å². The van der Waals surface area contributed by atoms with Crippen molar-refractivity contribution in [3.8, 4) is 0 Å². The number of carbonyl (C=O) groups excluding carboxylic acids is 2. The number of carbonyl (C=O) groups is 2. The normalized spacial score (nSPS) is 12.0. The zero-order valence-corrected chi connectivity index (χ0v) is 20.4. The molecule has 0 saturated heterocycles. The zero-order valence-electron chi connectivity index (χ0n) is 19.6. The lowest BCUT2D eigenvalue weighted by Gasteiger charge is -2.32. The van der Waals surface area contributed by atoms with E-state index in [1.54, 1.807) is 62.4 Å². The Morgan fingerprint density at radius 3 is 2.06 bits per heavy atom. The summed E-state index contributed by atoms with van der Waals surface area (Å²) < 4.78 is 41.5. The number of benzene rings is 3. The number of hydrogen-bond donors (Lipinski definition) is 1. The number of anilines is 1. The highest BCUT2D eigenvalue weighted by molar-refractivity contribution is 7.92. The van der Waals surface area contributed by atoms with E-state index in [1.807, 2.05) is 0 Å². The van der Waals surface area contributed by atoms with Gasteiger partial charge in [0.1, 0.15) is 18.4 Å². The molecule has 0 aliphatic carbocycles. The maximum Gasteiger partial charge on any atom is 0.264 e. The SMILES string of the molecule is CCNC(=O)[C@@H](C)N(Cc1ccc(F)cc1)C(=O)CN(c1ccccc1)S(=O)(=O)c1ccccc1. The molecule has 2 amide bonds. The van der Waals surface area contributed by atoms with Crippen LogP contribution in [0.5, 0.6) is 0 Å². The minimum absolute atomic E-state index is 0.00539. The molecule has 1 N–H and O–H groups in total. The van der Waals surface area contributed by atoms with Gasteiger partial charge in [-0.2, -0.15) is 0 Å². The molecule has 0 spiro atoms. The fourth-order valence-electron chi connectivity index (χ4n) is 3.53. The van der Waals surface area contributed by atoms with E-state index >= 15 is 0 Å². The van der Waals surface area contributed by atoms with Gasteiger partial charge in [0.05, 0.1) is 10.6 Å².